The maximum Gasteiger partial charge on any atom is 0.333 e. The quantitative estimate of drug-likeness (QED) is 0.683. The van der Waals surface area contributed by atoms with E-state index in [0.29, 0.717) is 11.7 Å². The zero-order chi connectivity index (χ0) is 11.7. The third kappa shape index (κ3) is 2.27. The third-order valence-electron chi connectivity index (χ3n) is 2.38. The largest absolute Gasteiger partial charge is 0.490 e. The van der Waals surface area contributed by atoms with Gasteiger partial charge in [-0.15, -0.1) is 0 Å². The zero-order valence-electron chi connectivity index (χ0n) is 8.70. The van der Waals surface area contributed by atoms with Gasteiger partial charge in [-0.1, -0.05) is 15.9 Å². The highest BCUT2D eigenvalue weighted by molar-refractivity contribution is 9.10. The van der Waals surface area contributed by atoms with Gasteiger partial charge in [-0.25, -0.2) is 0 Å². The lowest BCUT2D eigenvalue weighted by molar-refractivity contribution is -0.384. The highest BCUT2D eigenvalue weighted by atomic mass is 79.9. The van der Waals surface area contributed by atoms with Crippen molar-refractivity contribution in [2.75, 3.05) is 12.4 Å². The summed E-state index contributed by atoms with van der Waals surface area (Å²) in [5.41, 5.74) is 0.510. The molecular formula is C10H11BrN2O3. The fourth-order valence-corrected chi connectivity index (χ4v) is 1.91. The Morgan fingerprint density at radius 3 is 2.75 bits per heavy atom. The van der Waals surface area contributed by atoms with Gasteiger partial charge in [0, 0.05) is 16.6 Å². The second-order valence-electron chi connectivity index (χ2n) is 3.68. The number of anilines is 1. The van der Waals surface area contributed by atoms with Gasteiger partial charge < -0.3 is 10.1 Å². The predicted octanol–water partition coefficient (Wildman–Crippen LogP) is 2.94. The summed E-state index contributed by atoms with van der Waals surface area (Å²) in [5.74, 6) is 0.266. The van der Waals surface area contributed by atoms with Crippen molar-refractivity contribution in [2.45, 2.75) is 18.9 Å². The molecule has 1 aromatic carbocycles. The summed E-state index contributed by atoms with van der Waals surface area (Å²) in [6.45, 7) is 0. The maximum absolute atomic E-state index is 11.0. The van der Waals surface area contributed by atoms with E-state index < -0.39 is 4.92 Å². The molecule has 16 heavy (non-hydrogen) atoms. The maximum atomic E-state index is 11.0. The van der Waals surface area contributed by atoms with E-state index in [1.165, 1.54) is 7.11 Å². The SMILES string of the molecule is COc1cc(Br)cc(NC2CC2)c1[N+](=O)[O-]. The van der Waals surface area contributed by atoms with Gasteiger partial charge in [0.05, 0.1) is 12.0 Å². The van der Waals surface area contributed by atoms with E-state index in [2.05, 4.69) is 21.2 Å². The first-order chi connectivity index (χ1) is 7.61. The lowest BCUT2D eigenvalue weighted by Crippen LogP contribution is -2.05. The van der Waals surface area contributed by atoms with E-state index in [0.717, 1.165) is 17.3 Å². The molecule has 0 radical (unpaired) electrons. The highest BCUT2D eigenvalue weighted by Crippen LogP contribution is 2.40. The minimum Gasteiger partial charge on any atom is -0.490 e. The molecule has 1 aliphatic rings. The topological polar surface area (TPSA) is 64.4 Å². The molecule has 0 bridgehead atoms. The molecular weight excluding hydrogens is 276 g/mol. The minimum atomic E-state index is -0.421. The molecule has 2 rings (SSSR count). The summed E-state index contributed by atoms with van der Waals surface area (Å²) >= 11 is 3.30. The number of nitrogens with one attached hydrogen (secondary N) is 1. The zero-order valence-corrected chi connectivity index (χ0v) is 10.3. The molecule has 0 aromatic heterocycles. The lowest BCUT2D eigenvalue weighted by atomic mass is 10.2. The van der Waals surface area contributed by atoms with Crippen LogP contribution in [-0.4, -0.2) is 18.1 Å². The van der Waals surface area contributed by atoms with Crippen LogP contribution in [0, 0.1) is 10.1 Å². The Hall–Kier alpha value is -1.30. The normalized spacial score (nSPS) is 14.6. The number of halogens is 1. The second kappa shape index (κ2) is 4.29. The molecule has 0 spiro atoms. The molecule has 0 amide bonds. The van der Waals surface area contributed by atoms with Crippen LogP contribution in [0.4, 0.5) is 11.4 Å². The van der Waals surface area contributed by atoms with Gasteiger partial charge >= 0.3 is 5.69 Å². The molecule has 0 atom stereocenters. The van der Waals surface area contributed by atoms with E-state index in [1.807, 2.05) is 0 Å². The van der Waals surface area contributed by atoms with Crippen molar-refractivity contribution in [1.82, 2.24) is 0 Å². The van der Waals surface area contributed by atoms with Gasteiger partial charge in [0.1, 0.15) is 5.69 Å². The van der Waals surface area contributed by atoms with Crippen LogP contribution >= 0.6 is 15.9 Å². The summed E-state index contributed by atoms with van der Waals surface area (Å²) in [6.07, 6.45) is 2.12. The number of ether oxygens (including phenoxy) is 1. The molecule has 86 valence electrons. The molecule has 0 unspecified atom stereocenters. The van der Waals surface area contributed by atoms with Crippen LogP contribution < -0.4 is 10.1 Å². The molecule has 1 aliphatic carbocycles. The van der Waals surface area contributed by atoms with E-state index in [-0.39, 0.29) is 11.4 Å². The summed E-state index contributed by atoms with van der Waals surface area (Å²) in [5, 5.41) is 14.1. The molecule has 0 heterocycles. The number of methoxy groups -OCH3 is 1. The van der Waals surface area contributed by atoms with Crippen LogP contribution in [0.1, 0.15) is 12.8 Å². The standard InChI is InChI=1S/C10H11BrN2O3/c1-16-9-5-6(11)4-8(10(9)13(14)15)12-7-2-3-7/h4-5,7,12H,2-3H2,1H3. The fourth-order valence-electron chi connectivity index (χ4n) is 1.48. The van der Waals surface area contributed by atoms with Crippen LogP contribution in [0.2, 0.25) is 0 Å². The molecule has 0 aliphatic heterocycles. The van der Waals surface area contributed by atoms with Gasteiger partial charge in [-0.3, -0.25) is 10.1 Å². The molecule has 6 heteroatoms. The summed E-state index contributed by atoms with van der Waals surface area (Å²) in [4.78, 5) is 10.6. The van der Waals surface area contributed by atoms with Gasteiger partial charge in [0.15, 0.2) is 5.75 Å². The fraction of sp³-hybridized carbons (Fsp3) is 0.400. The number of hydrogen-bond acceptors (Lipinski definition) is 4. The smallest absolute Gasteiger partial charge is 0.333 e. The van der Waals surface area contributed by atoms with E-state index >= 15 is 0 Å². The Morgan fingerprint density at radius 2 is 2.25 bits per heavy atom. The summed E-state index contributed by atoms with van der Waals surface area (Å²) < 4.78 is 5.78. The summed E-state index contributed by atoms with van der Waals surface area (Å²) in [6, 6.07) is 3.66. The van der Waals surface area contributed by atoms with Crippen molar-refractivity contribution in [2.24, 2.45) is 0 Å². The van der Waals surface area contributed by atoms with Gasteiger partial charge in [0.25, 0.3) is 0 Å². The van der Waals surface area contributed by atoms with Crippen LogP contribution in [0.15, 0.2) is 16.6 Å². The van der Waals surface area contributed by atoms with E-state index in [1.54, 1.807) is 12.1 Å². The first-order valence-electron chi connectivity index (χ1n) is 4.90. The summed E-state index contributed by atoms with van der Waals surface area (Å²) in [7, 11) is 1.43. The molecule has 1 aromatic rings. The van der Waals surface area contributed by atoms with Crippen LogP contribution in [0.3, 0.4) is 0 Å². The molecule has 1 N–H and O–H groups in total. The number of nitrogens with zero attached hydrogens (tertiary/aromatic N) is 1. The highest BCUT2D eigenvalue weighted by Gasteiger charge is 2.27. The average molecular weight is 287 g/mol. The number of hydrogen-bond donors (Lipinski definition) is 1. The Labute approximate surface area is 101 Å². The number of nitro benzene ring substituents is 1. The molecule has 0 saturated heterocycles. The Morgan fingerprint density at radius 1 is 1.56 bits per heavy atom. The van der Waals surface area contributed by atoms with Crippen molar-refractivity contribution in [1.29, 1.82) is 0 Å². The van der Waals surface area contributed by atoms with Crippen molar-refractivity contribution < 1.29 is 9.66 Å². The lowest BCUT2D eigenvalue weighted by Gasteiger charge is -2.09. The van der Waals surface area contributed by atoms with Crippen molar-refractivity contribution >= 4 is 27.3 Å². The minimum absolute atomic E-state index is 0.00222. The first kappa shape index (κ1) is 11.2. The van der Waals surface area contributed by atoms with Gasteiger partial charge in [-0.05, 0) is 18.9 Å². The van der Waals surface area contributed by atoms with Gasteiger partial charge in [0.2, 0.25) is 0 Å². The second-order valence-corrected chi connectivity index (χ2v) is 4.60. The van der Waals surface area contributed by atoms with E-state index in [9.17, 15) is 10.1 Å². The van der Waals surface area contributed by atoms with Crippen LogP contribution in [-0.2, 0) is 0 Å². The van der Waals surface area contributed by atoms with Crippen LogP contribution in [0.25, 0.3) is 0 Å². The number of nitro groups is 1. The van der Waals surface area contributed by atoms with E-state index in [4.69, 9.17) is 4.74 Å². The Kier molecular flexibility index (Phi) is 3.00. The van der Waals surface area contributed by atoms with Gasteiger partial charge in [-0.2, -0.15) is 0 Å². The molecule has 5 nitrogen and oxygen atoms in total. The molecule has 1 fully saturated rings. The van der Waals surface area contributed by atoms with Crippen molar-refractivity contribution in [3.05, 3.63) is 26.7 Å². The average Bonchev–Trinajstić information content (AvgIpc) is 2.99. The first-order valence-corrected chi connectivity index (χ1v) is 5.69. The van der Waals surface area contributed by atoms with Crippen molar-refractivity contribution in [3.63, 3.8) is 0 Å². The number of rotatable bonds is 4. The third-order valence-corrected chi connectivity index (χ3v) is 2.84. The Balaban J connectivity index is 2.45. The monoisotopic (exact) mass is 286 g/mol. The number of benzene rings is 1. The predicted molar refractivity (Wildman–Crippen MR) is 64.0 cm³/mol. The van der Waals surface area contributed by atoms with Crippen LogP contribution in [0.5, 0.6) is 5.75 Å². The Bertz CT molecular complexity index is 432. The van der Waals surface area contributed by atoms with Crippen molar-refractivity contribution in [3.8, 4) is 5.75 Å². The molecule has 1 saturated carbocycles.